The molecule has 2 atom stereocenters. The molecule has 0 fully saturated rings. The van der Waals surface area contributed by atoms with Crippen molar-refractivity contribution in [2.75, 3.05) is 25.7 Å². The lowest BCUT2D eigenvalue weighted by Crippen LogP contribution is -2.24. The Morgan fingerprint density at radius 1 is 1.47 bits per heavy atom. The van der Waals surface area contributed by atoms with Gasteiger partial charge >= 0.3 is 0 Å². The second kappa shape index (κ2) is 9.09. The summed E-state index contributed by atoms with van der Waals surface area (Å²) in [5.74, 6) is 0.414. The van der Waals surface area contributed by atoms with E-state index >= 15 is 0 Å². The zero-order chi connectivity index (χ0) is 11.7. The first kappa shape index (κ1) is 14.8. The van der Waals surface area contributed by atoms with Crippen molar-refractivity contribution < 1.29 is 19.4 Å². The Labute approximate surface area is 95.5 Å². The SMILES string of the molecule is CC(=O)CC(O)COC(C)COCCCl. The number of hydrogen-bond acceptors (Lipinski definition) is 4. The van der Waals surface area contributed by atoms with Crippen molar-refractivity contribution in [3.05, 3.63) is 0 Å². The Kier molecular flexibility index (Phi) is 9.00. The lowest BCUT2D eigenvalue weighted by atomic mass is 10.2. The molecule has 0 saturated carbocycles. The second-order valence-corrected chi connectivity index (χ2v) is 3.85. The van der Waals surface area contributed by atoms with Crippen LogP contribution in [0.5, 0.6) is 0 Å². The molecule has 0 saturated heterocycles. The van der Waals surface area contributed by atoms with Crippen LogP contribution in [0.2, 0.25) is 0 Å². The third kappa shape index (κ3) is 10.1. The van der Waals surface area contributed by atoms with Crippen LogP contribution in [0.3, 0.4) is 0 Å². The lowest BCUT2D eigenvalue weighted by molar-refractivity contribution is -0.120. The molecule has 5 heteroatoms. The molecule has 0 aromatic rings. The van der Waals surface area contributed by atoms with Crippen molar-refractivity contribution >= 4 is 17.4 Å². The fourth-order valence-corrected chi connectivity index (χ4v) is 1.13. The van der Waals surface area contributed by atoms with Crippen LogP contribution in [0, 0.1) is 0 Å². The maximum absolute atomic E-state index is 10.7. The highest BCUT2D eigenvalue weighted by molar-refractivity contribution is 6.17. The van der Waals surface area contributed by atoms with E-state index in [9.17, 15) is 9.90 Å². The van der Waals surface area contributed by atoms with Crippen LogP contribution in [0.15, 0.2) is 0 Å². The molecular formula is C10H19ClO4. The normalized spacial score (nSPS) is 14.9. The molecule has 0 aromatic heterocycles. The molecule has 90 valence electrons. The third-order valence-corrected chi connectivity index (χ3v) is 1.82. The standard InChI is InChI=1S/C10H19ClO4/c1-8(12)5-10(13)7-15-9(2)6-14-4-3-11/h9-10,13H,3-7H2,1-2H3. The fraction of sp³-hybridized carbons (Fsp3) is 0.900. The van der Waals surface area contributed by atoms with E-state index in [0.29, 0.717) is 19.1 Å². The summed E-state index contributed by atoms with van der Waals surface area (Å²) in [6, 6.07) is 0. The maximum Gasteiger partial charge on any atom is 0.132 e. The van der Waals surface area contributed by atoms with Crippen LogP contribution in [-0.4, -0.2) is 48.8 Å². The van der Waals surface area contributed by atoms with Crippen molar-refractivity contribution in [3.63, 3.8) is 0 Å². The Bertz CT molecular complexity index is 175. The summed E-state index contributed by atoms with van der Waals surface area (Å²) in [6.45, 7) is 4.38. The average Bonchev–Trinajstić information content (AvgIpc) is 2.14. The van der Waals surface area contributed by atoms with E-state index in [2.05, 4.69) is 0 Å². The molecule has 4 nitrogen and oxygen atoms in total. The van der Waals surface area contributed by atoms with Crippen LogP contribution in [0.4, 0.5) is 0 Å². The van der Waals surface area contributed by atoms with Gasteiger partial charge in [0.2, 0.25) is 0 Å². The first-order chi connectivity index (χ1) is 7.06. The molecule has 15 heavy (non-hydrogen) atoms. The summed E-state index contributed by atoms with van der Waals surface area (Å²) in [4.78, 5) is 10.7. The molecule has 0 aliphatic rings. The molecule has 0 heterocycles. The number of rotatable bonds is 9. The van der Waals surface area contributed by atoms with Crippen molar-refractivity contribution in [2.45, 2.75) is 32.5 Å². The first-order valence-corrected chi connectivity index (χ1v) is 5.52. The van der Waals surface area contributed by atoms with Crippen molar-refractivity contribution in [1.29, 1.82) is 0 Å². The number of carbonyl (C=O) groups excluding carboxylic acids is 1. The monoisotopic (exact) mass is 238 g/mol. The molecule has 0 aliphatic carbocycles. The van der Waals surface area contributed by atoms with Gasteiger partial charge in [-0.05, 0) is 13.8 Å². The predicted octanol–water partition coefficient (Wildman–Crippen LogP) is 0.987. The summed E-state index contributed by atoms with van der Waals surface area (Å²) in [6.07, 6.45) is -0.692. The molecule has 0 aliphatic heterocycles. The minimum atomic E-state index is -0.724. The number of aliphatic hydroxyl groups excluding tert-OH is 1. The van der Waals surface area contributed by atoms with Crippen LogP contribution in [-0.2, 0) is 14.3 Å². The number of Topliss-reactive ketones (excluding diaryl/α,β-unsaturated/α-hetero) is 1. The number of alkyl halides is 1. The van der Waals surface area contributed by atoms with Gasteiger partial charge in [-0.3, -0.25) is 4.79 Å². The minimum Gasteiger partial charge on any atom is -0.390 e. The Balaban J connectivity index is 3.43. The quantitative estimate of drug-likeness (QED) is 0.481. The molecular weight excluding hydrogens is 220 g/mol. The molecule has 0 radical (unpaired) electrons. The molecule has 0 rings (SSSR count). The van der Waals surface area contributed by atoms with E-state index in [-0.39, 0.29) is 24.9 Å². The van der Waals surface area contributed by atoms with E-state index in [1.807, 2.05) is 6.92 Å². The Hall–Kier alpha value is -0.160. The van der Waals surface area contributed by atoms with Gasteiger partial charge in [0, 0.05) is 12.3 Å². The van der Waals surface area contributed by atoms with E-state index in [0.717, 1.165) is 0 Å². The molecule has 0 spiro atoms. The maximum atomic E-state index is 10.7. The van der Waals surface area contributed by atoms with Gasteiger partial charge in [-0.2, -0.15) is 0 Å². The van der Waals surface area contributed by atoms with Gasteiger partial charge in [0.05, 0.1) is 32.0 Å². The van der Waals surface area contributed by atoms with E-state index in [4.69, 9.17) is 21.1 Å². The van der Waals surface area contributed by atoms with Crippen LogP contribution >= 0.6 is 11.6 Å². The highest BCUT2D eigenvalue weighted by atomic mass is 35.5. The van der Waals surface area contributed by atoms with Crippen LogP contribution in [0.1, 0.15) is 20.3 Å². The zero-order valence-electron chi connectivity index (χ0n) is 9.24. The zero-order valence-corrected chi connectivity index (χ0v) is 10.00. The third-order valence-electron chi connectivity index (χ3n) is 1.67. The molecule has 1 N–H and O–H groups in total. The summed E-state index contributed by atoms with van der Waals surface area (Å²) >= 11 is 5.43. The number of ether oxygens (including phenoxy) is 2. The lowest BCUT2D eigenvalue weighted by Gasteiger charge is -2.15. The minimum absolute atomic E-state index is 0.0443. The Morgan fingerprint density at radius 3 is 2.67 bits per heavy atom. The van der Waals surface area contributed by atoms with Gasteiger partial charge in [0.25, 0.3) is 0 Å². The van der Waals surface area contributed by atoms with Crippen molar-refractivity contribution in [1.82, 2.24) is 0 Å². The van der Waals surface area contributed by atoms with Gasteiger partial charge in [0.15, 0.2) is 0 Å². The Morgan fingerprint density at radius 2 is 2.13 bits per heavy atom. The first-order valence-electron chi connectivity index (χ1n) is 4.99. The van der Waals surface area contributed by atoms with Gasteiger partial charge in [-0.15, -0.1) is 11.6 Å². The van der Waals surface area contributed by atoms with Crippen LogP contribution < -0.4 is 0 Å². The van der Waals surface area contributed by atoms with E-state index in [1.165, 1.54) is 6.92 Å². The summed E-state index contributed by atoms with van der Waals surface area (Å²) in [7, 11) is 0. The van der Waals surface area contributed by atoms with E-state index in [1.54, 1.807) is 0 Å². The molecule has 0 amide bonds. The van der Waals surface area contributed by atoms with Gasteiger partial charge in [-0.1, -0.05) is 0 Å². The molecule has 2 unspecified atom stereocenters. The van der Waals surface area contributed by atoms with Gasteiger partial charge < -0.3 is 14.6 Å². The highest BCUT2D eigenvalue weighted by Crippen LogP contribution is 1.98. The predicted molar refractivity (Wildman–Crippen MR) is 58.3 cm³/mol. The number of hydrogen-bond donors (Lipinski definition) is 1. The van der Waals surface area contributed by atoms with Gasteiger partial charge in [-0.25, -0.2) is 0 Å². The smallest absolute Gasteiger partial charge is 0.132 e. The summed E-state index contributed by atoms with van der Waals surface area (Å²) in [5.41, 5.74) is 0. The molecule has 0 bridgehead atoms. The topological polar surface area (TPSA) is 55.8 Å². The van der Waals surface area contributed by atoms with E-state index < -0.39 is 6.10 Å². The number of aliphatic hydroxyl groups is 1. The summed E-state index contributed by atoms with van der Waals surface area (Å²) in [5, 5.41) is 9.33. The average molecular weight is 239 g/mol. The molecule has 0 aromatic carbocycles. The van der Waals surface area contributed by atoms with Crippen molar-refractivity contribution in [2.24, 2.45) is 0 Å². The van der Waals surface area contributed by atoms with Crippen LogP contribution in [0.25, 0.3) is 0 Å². The summed E-state index contributed by atoms with van der Waals surface area (Å²) < 4.78 is 10.4. The number of halogens is 1. The van der Waals surface area contributed by atoms with Gasteiger partial charge in [0.1, 0.15) is 5.78 Å². The second-order valence-electron chi connectivity index (χ2n) is 3.47. The largest absolute Gasteiger partial charge is 0.390 e. The van der Waals surface area contributed by atoms with Crippen molar-refractivity contribution in [3.8, 4) is 0 Å². The fourth-order valence-electron chi connectivity index (χ4n) is 1.02. The number of ketones is 1. The highest BCUT2D eigenvalue weighted by Gasteiger charge is 2.10. The number of carbonyl (C=O) groups is 1.